The van der Waals surface area contributed by atoms with E-state index in [9.17, 15) is 9.59 Å². The quantitative estimate of drug-likeness (QED) is 0.171. The number of esters is 2. The number of rotatable bonds is 14. The van der Waals surface area contributed by atoms with E-state index >= 15 is 0 Å². The number of ether oxygens (including phenoxy) is 2. The number of hydrogen-bond donors (Lipinski definition) is 0. The van der Waals surface area contributed by atoms with E-state index in [0.717, 1.165) is 38.5 Å². The van der Waals surface area contributed by atoms with Crippen LogP contribution in [-0.2, 0) is 19.1 Å². The SMILES string of the molecule is O=C(CC(=O)OC(Cl)CCCCCCl)OC(Cl)CCCCCCl. The number of halogens is 4. The van der Waals surface area contributed by atoms with Gasteiger partial charge in [-0.15, -0.1) is 23.2 Å². The molecule has 0 bridgehead atoms. The molecule has 0 aliphatic heterocycles. The summed E-state index contributed by atoms with van der Waals surface area (Å²) in [5.41, 5.74) is -1.49. The number of hydrogen-bond acceptors (Lipinski definition) is 4. The molecule has 0 saturated heterocycles. The molecule has 0 rings (SSSR count). The van der Waals surface area contributed by atoms with Crippen molar-refractivity contribution in [1.82, 2.24) is 0 Å². The highest BCUT2D eigenvalue weighted by Gasteiger charge is 2.18. The van der Waals surface area contributed by atoms with E-state index in [-0.39, 0.29) is 0 Å². The Bertz CT molecular complexity index is 299. The van der Waals surface area contributed by atoms with E-state index in [0.29, 0.717) is 24.6 Å². The van der Waals surface area contributed by atoms with Crippen LogP contribution in [0, 0.1) is 0 Å². The molecule has 0 aromatic carbocycles. The van der Waals surface area contributed by atoms with Crippen molar-refractivity contribution in [2.45, 2.75) is 68.9 Å². The molecule has 0 amide bonds. The smallest absolute Gasteiger partial charge is 0.318 e. The monoisotopic (exact) mass is 408 g/mol. The summed E-state index contributed by atoms with van der Waals surface area (Å²) >= 11 is 22.9. The van der Waals surface area contributed by atoms with Gasteiger partial charge in [0.05, 0.1) is 0 Å². The van der Waals surface area contributed by atoms with E-state index in [4.69, 9.17) is 55.9 Å². The summed E-state index contributed by atoms with van der Waals surface area (Å²) in [7, 11) is 0. The summed E-state index contributed by atoms with van der Waals surface area (Å²) in [6, 6.07) is 0. The van der Waals surface area contributed by atoms with Gasteiger partial charge in [0.2, 0.25) is 0 Å². The summed E-state index contributed by atoms with van der Waals surface area (Å²) in [6.07, 6.45) is 5.82. The van der Waals surface area contributed by atoms with E-state index in [1.807, 2.05) is 0 Å². The number of carbonyl (C=O) groups is 2. The molecule has 2 atom stereocenters. The minimum absolute atomic E-state index is 0.490. The van der Waals surface area contributed by atoms with E-state index < -0.39 is 29.5 Å². The molecule has 0 spiro atoms. The van der Waals surface area contributed by atoms with Crippen LogP contribution >= 0.6 is 46.4 Å². The molecular weight excluding hydrogens is 386 g/mol. The third kappa shape index (κ3) is 15.4. The zero-order valence-electron chi connectivity index (χ0n) is 13.1. The van der Waals surface area contributed by atoms with Gasteiger partial charge in [0.15, 0.2) is 11.1 Å². The van der Waals surface area contributed by atoms with Crippen LogP contribution in [0.25, 0.3) is 0 Å². The normalized spacial score (nSPS) is 13.4. The first kappa shape index (κ1) is 23.1. The Hall–Kier alpha value is 0.1000. The second-order valence-electron chi connectivity index (χ2n) is 5.05. The van der Waals surface area contributed by atoms with Crippen molar-refractivity contribution in [3.8, 4) is 0 Å². The Morgan fingerprint density at radius 3 is 1.43 bits per heavy atom. The van der Waals surface area contributed by atoms with Gasteiger partial charge in [-0.05, 0) is 38.5 Å². The van der Waals surface area contributed by atoms with Crippen molar-refractivity contribution < 1.29 is 19.1 Å². The van der Waals surface area contributed by atoms with Gasteiger partial charge in [-0.3, -0.25) is 9.59 Å². The van der Waals surface area contributed by atoms with Crippen LogP contribution in [0.1, 0.15) is 57.8 Å². The van der Waals surface area contributed by atoms with Crippen molar-refractivity contribution in [2.75, 3.05) is 11.8 Å². The molecule has 136 valence electrons. The van der Waals surface area contributed by atoms with Gasteiger partial charge < -0.3 is 9.47 Å². The van der Waals surface area contributed by atoms with Crippen molar-refractivity contribution in [3.05, 3.63) is 0 Å². The van der Waals surface area contributed by atoms with Crippen molar-refractivity contribution in [2.24, 2.45) is 0 Å². The third-order valence-electron chi connectivity index (χ3n) is 2.94. The average molecular weight is 410 g/mol. The maximum Gasteiger partial charge on any atom is 0.318 e. The van der Waals surface area contributed by atoms with Gasteiger partial charge in [-0.25, -0.2) is 0 Å². The van der Waals surface area contributed by atoms with Crippen molar-refractivity contribution >= 4 is 58.3 Å². The van der Waals surface area contributed by atoms with Crippen LogP contribution < -0.4 is 0 Å². The summed E-state index contributed by atoms with van der Waals surface area (Å²) in [5, 5.41) is 0. The minimum Gasteiger partial charge on any atom is -0.446 e. The molecule has 2 unspecified atom stereocenters. The van der Waals surface area contributed by atoms with E-state index in [2.05, 4.69) is 0 Å². The lowest BCUT2D eigenvalue weighted by atomic mass is 10.2. The fraction of sp³-hybridized carbons (Fsp3) is 0.867. The van der Waals surface area contributed by atoms with Crippen LogP contribution in [0.15, 0.2) is 0 Å². The van der Waals surface area contributed by atoms with Gasteiger partial charge >= 0.3 is 11.9 Å². The second kappa shape index (κ2) is 15.6. The standard InChI is InChI=1S/C15H24Cl4O4/c16-9-5-1-3-7-12(18)22-14(20)11-15(21)23-13(19)8-4-2-6-10-17/h12-13H,1-11H2. The fourth-order valence-corrected chi connectivity index (χ4v) is 2.64. The lowest BCUT2D eigenvalue weighted by Crippen LogP contribution is -2.20. The molecule has 8 heteroatoms. The largest absolute Gasteiger partial charge is 0.446 e. The van der Waals surface area contributed by atoms with Crippen molar-refractivity contribution in [1.29, 1.82) is 0 Å². The summed E-state index contributed by atoms with van der Waals surface area (Å²) in [6.45, 7) is 0. The third-order valence-corrected chi connectivity index (χ3v) is 4.09. The van der Waals surface area contributed by atoms with Crippen LogP contribution in [0.4, 0.5) is 0 Å². The lowest BCUT2D eigenvalue weighted by Gasteiger charge is -2.13. The molecule has 0 heterocycles. The number of carbonyl (C=O) groups excluding carboxylic acids is 2. The van der Waals surface area contributed by atoms with Crippen LogP contribution in [0.2, 0.25) is 0 Å². The first-order valence-corrected chi connectivity index (χ1v) is 9.72. The molecule has 0 radical (unpaired) electrons. The summed E-state index contributed by atoms with van der Waals surface area (Å²) in [4.78, 5) is 23.1. The Morgan fingerprint density at radius 1 is 0.696 bits per heavy atom. The molecule has 4 nitrogen and oxygen atoms in total. The van der Waals surface area contributed by atoms with E-state index in [1.54, 1.807) is 0 Å². The van der Waals surface area contributed by atoms with Gasteiger partial charge in [0.25, 0.3) is 0 Å². The maximum atomic E-state index is 11.5. The van der Waals surface area contributed by atoms with Crippen molar-refractivity contribution in [3.63, 3.8) is 0 Å². The highest BCUT2D eigenvalue weighted by Crippen LogP contribution is 2.14. The Morgan fingerprint density at radius 2 is 1.09 bits per heavy atom. The molecule has 0 saturated carbocycles. The number of alkyl halides is 4. The maximum absolute atomic E-state index is 11.5. The molecule has 0 aliphatic rings. The predicted octanol–water partition coefficient (Wildman–Crippen LogP) is 5.19. The Balaban J connectivity index is 3.76. The first-order valence-electron chi connectivity index (χ1n) is 7.78. The van der Waals surface area contributed by atoms with Crippen LogP contribution in [0.5, 0.6) is 0 Å². The van der Waals surface area contributed by atoms with Gasteiger partial charge in [-0.2, -0.15) is 0 Å². The molecule has 0 aromatic heterocycles. The molecule has 0 N–H and O–H groups in total. The van der Waals surface area contributed by atoms with Gasteiger partial charge in [0.1, 0.15) is 6.42 Å². The summed E-state index contributed by atoms with van der Waals surface area (Å²) < 4.78 is 9.86. The number of unbranched alkanes of at least 4 members (excludes halogenated alkanes) is 4. The topological polar surface area (TPSA) is 52.6 Å². The van der Waals surface area contributed by atoms with Crippen LogP contribution in [-0.4, -0.2) is 34.8 Å². The van der Waals surface area contributed by atoms with Gasteiger partial charge in [0, 0.05) is 11.8 Å². The van der Waals surface area contributed by atoms with E-state index in [1.165, 1.54) is 0 Å². The first-order chi connectivity index (χ1) is 11.0. The Labute approximate surface area is 158 Å². The molecule has 23 heavy (non-hydrogen) atoms. The zero-order chi connectivity index (χ0) is 17.5. The lowest BCUT2D eigenvalue weighted by molar-refractivity contribution is -0.156. The molecule has 0 aromatic rings. The second-order valence-corrected chi connectivity index (χ2v) is 6.78. The van der Waals surface area contributed by atoms with Gasteiger partial charge in [-0.1, -0.05) is 36.0 Å². The fourth-order valence-electron chi connectivity index (χ4n) is 1.76. The highest BCUT2D eigenvalue weighted by atomic mass is 35.5. The Kier molecular flexibility index (Phi) is 15.7. The average Bonchev–Trinajstić information content (AvgIpc) is 2.47. The van der Waals surface area contributed by atoms with Crippen LogP contribution in [0.3, 0.4) is 0 Å². The highest BCUT2D eigenvalue weighted by molar-refractivity contribution is 6.21. The minimum atomic E-state index is -0.743. The molecule has 0 fully saturated rings. The molecular formula is C15H24Cl4O4. The predicted molar refractivity (Wildman–Crippen MR) is 94.5 cm³/mol. The summed E-state index contributed by atoms with van der Waals surface area (Å²) in [5.74, 6) is -0.217. The zero-order valence-corrected chi connectivity index (χ0v) is 16.1. The molecule has 0 aliphatic carbocycles.